The monoisotopic (exact) mass is 379 g/mol. The van der Waals surface area contributed by atoms with Gasteiger partial charge >= 0.3 is 0 Å². The highest BCUT2D eigenvalue weighted by Gasteiger charge is 2.07. The smallest absolute Gasteiger partial charge is 0.152 e. The second-order valence-electron chi connectivity index (χ2n) is 3.88. The SMILES string of the molecule is Oc1c(Cl)cc(NCc2ccc(Cl)cc2Br)cc1Cl. The van der Waals surface area contributed by atoms with Crippen molar-refractivity contribution in [3.8, 4) is 5.75 Å². The quantitative estimate of drug-likeness (QED) is 0.666. The van der Waals surface area contributed by atoms with Crippen LogP contribution in [0.5, 0.6) is 5.75 Å². The summed E-state index contributed by atoms with van der Waals surface area (Å²) in [6.07, 6.45) is 0. The Morgan fingerprint density at radius 2 is 1.68 bits per heavy atom. The molecule has 0 spiro atoms. The molecule has 2 aromatic carbocycles. The van der Waals surface area contributed by atoms with Gasteiger partial charge in [-0.25, -0.2) is 0 Å². The second-order valence-corrected chi connectivity index (χ2v) is 5.98. The molecular formula is C13H9BrCl3NO. The topological polar surface area (TPSA) is 32.3 Å². The third kappa shape index (κ3) is 3.69. The van der Waals surface area contributed by atoms with Crippen molar-refractivity contribution < 1.29 is 5.11 Å². The van der Waals surface area contributed by atoms with E-state index in [0.717, 1.165) is 15.7 Å². The lowest BCUT2D eigenvalue weighted by atomic mass is 10.2. The van der Waals surface area contributed by atoms with Crippen molar-refractivity contribution in [2.24, 2.45) is 0 Å². The first-order valence-electron chi connectivity index (χ1n) is 5.33. The molecule has 0 amide bonds. The molecule has 0 aliphatic rings. The first-order valence-corrected chi connectivity index (χ1v) is 7.26. The largest absolute Gasteiger partial charge is 0.505 e. The number of benzene rings is 2. The van der Waals surface area contributed by atoms with Gasteiger partial charge in [-0.2, -0.15) is 0 Å². The summed E-state index contributed by atoms with van der Waals surface area (Å²) in [4.78, 5) is 0. The van der Waals surface area contributed by atoms with E-state index >= 15 is 0 Å². The van der Waals surface area contributed by atoms with Crippen molar-refractivity contribution in [1.82, 2.24) is 0 Å². The normalized spacial score (nSPS) is 10.5. The van der Waals surface area contributed by atoms with Crippen LogP contribution < -0.4 is 5.32 Å². The van der Waals surface area contributed by atoms with E-state index in [2.05, 4.69) is 21.2 Å². The third-order valence-corrected chi connectivity index (χ3v) is 4.06. The van der Waals surface area contributed by atoms with Crippen molar-refractivity contribution in [2.45, 2.75) is 6.54 Å². The highest BCUT2D eigenvalue weighted by molar-refractivity contribution is 9.10. The summed E-state index contributed by atoms with van der Waals surface area (Å²) in [5.41, 5.74) is 1.78. The maximum Gasteiger partial charge on any atom is 0.152 e. The maximum atomic E-state index is 9.48. The molecule has 0 heterocycles. The predicted octanol–water partition coefficient (Wildman–Crippen LogP) is 5.73. The summed E-state index contributed by atoms with van der Waals surface area (Å²) in [6, 6.07) is 8.80. The standard InChI is InChI=1S/C13H9BrCl3NO/c14-10-3-8(15)2-1-7(10)6-18-9-4-11(16)13(19)12(17)5-9/h1-5,18-19H,6H2. The van der Waals surface area contributed by atoms with Gasteiger partial charge in [-0.3, -0.25) is 0 Å². The number of phenols is 1. The number of anilines is 1. The average Bonchev–Trinajstić information content (AvgIpc) is 2.34. The van der Waals surface area contributed by atoms with Crippen LogP contribution in [0.25, 0.3) is 0 Å². The molecule has 2 aromatic rings. The van der Waals surface area contributed by atoms with Crippen LogP contribution >= 0.6 is 50.7 Å². The molecule has 19 heavy (non-hydrogen) atoms. The molecule has 0 saturated carbocycles. The highest BCUT2D eigenvalue weighted by Crippen LogP contribution is 2.35. The van der Waals surface area contributed by atoms with Crippen LogP contribution in [0.3, 0.4) is 0 Å². The van der Waals surface area contributed by atoms with Gasteiger partial charge in [0.1, 0.15) is 0 Å². The lowest BCUT2D eigenvalue weighted by Gasteiger charge is -2.10. The van der Waals surface area contributed by atoms with Gasteiger partial charge < -0.3 is 10.4 Å². The fraction of sp³-hybridized carbons (Fsp3) is 0.0769. The first kappa shape index (κ1) is 14.8. The summed E-state index contributed by atoms with van der Waals surface area (Å²) in [5.74, 6) is -0.110. The van der Waals surface area contributed by atoms with Crippen molar-refractivity contribution in [2.75, 3.05) is 5.32 Å². The molecule has 100 valence electrons. The van der Waals surface area contributed by atoms with E-state index in [4.69, 9.17) is 34.8 Å². The molecule has 0 bridgehead atoms. The molecule has 0 atom stereocenters. The Kier molecular flexibility index (Phi) is 4.85. The molecule has 0 aliphatic heterocycles. The predicted molar refractivity (Wildman–Crippen MR) is 84.6 cm³/mol. The van der Waals surface area contributed by atoms with Crippen LogP contribution in [0.2, 0.25) is 15.1 Å². The van der Waals surface area contributed by atoms with E-state index in [0.29, 0.717) is 11.6 Å². The van der Waals surface area contributed by atoms with E-state index < -0.39 is 0 Å². The molecule has 0 aliphatic carbocycles. The minimum atomic E-state index is -0.110. The molecule has 0 radical (unpaired) electrons. The molecule has 6 heteroatoms. The molecule has 2 nitrogen and oxygen atoms in total. The van der Waals surface area contributed by atoms with E-state index in [9.17, 15) is 5.11 Å². The highest BCUT2D eigenvalue weighted by atomic mass is 79.9. The van der Waals surface area contributed by atoms with E-state index in [1.165, 1.54) is 0 Å². The van der Waals surface area contributed by atoms with Crippen LogP contribution in [0.15, 0.2) is 34.8 Å². The van der Waals surface area contributed by atoms with Crippen molar-refractivity contribution >= 4 is 56.4 Å². The number of phenolic OH excluding ortho intramolecular Hbond substituents is 1. The molecule has 2 rings (SSSR count). The molecule has 0 aromatic heterocycles. The Balaban J connectivity index is 2.14. The minimum absolute atomic E-state index is 0.110. The fourth-order valence-corrected chi connectivity index (χ4v) is 2.84. The van der Waals surface area contributed by atoms with Gasteiger partial charge in [0.05, 0.1) is 10.0 Å². The van der Waals surface area contributed by atoms with E-state index in [-0.39, 0.29) is 15.8 Å². The number of hydrogen-bond acceptors (Lipinski definition) is 2. The van der Waals surface area contributed by atoms with Crippen LogP contribution in [0.1, 0.15) is 5.56 Å². The van der Waals surface area contributed by atoms with Gasteiger partial charge in [0, 0.05) is 21.7 Å². The van der Waals surface area contributed by atoms with Crippen LogP contribution in [-0.2, 0) is 6.54 Å². The van der Waals surface area contributed by atoms with Crippen LogP contribution in [0.4, 0.5) is 5.69 Å². The third-order valence-electron chi connectivity index (χ3n) is 2.51. The second kappa shape index (κ2) is 6.23. The lowest BCUT2D eigenvalue weighted by molar-refractivity contribution is 0.476. The van der Waals surface area contributed by atoms with Gasteiger partial charge in [0.15, 0.2) is 5.75 Å². The summed E-state index contributed by atoms with van der Waals surface area (Å²) in [5, 5.41) is 13.8. The number of nitrogens with one attached hydrogen (secondary N) is 1. The Hall–Kier alpha value is -0.610. The first-order chi connectivity index (χ1) is 8.97. The molecule has 0 saturated heterocycles. The van der Waals surface area contributed by atoms with Gasteiger partial charge in [0.25, 0.3) is 0 Å². The van der Waals surface area contributed by atoms with Gasteiger partial charge in [-0.05, 0) is 29.8 Å². The fourth-order valence-electron chi connectivity index (χ4n) is 1.53. The van der Waals surface area contributed by atoms with Crippen LogP contribution in [0, 0.1) is 0 Å². The van der Waals surface area contributed by atoms with Crippen molar-refractivity contribution in [3.63, 3.8) is 0 Å². The number of halogens is 4. The number of rotatable bonds is 3. The van der Waals surface area contributed by atoms with E-state index in [1.54, 1.807) is 12.1 Å². The molecule has 2 N–H and O–H groups in total. The zero-order valence-electron chi connectivity index (χ0n) is 9.55. The van der Waals surface area contributed by atoms with Crippen LogP contribution in [-0.4, -0.2) is 5.11 Å². The summed E-state index contributed by atoms with van der Waals surface area (Å²) < 4.78 is 0.920. The molecule has 0 fully saturated rings. The average molecular weight is 381 g/mol. The van der Waals surface area contributed by atoms with Gasteiger partial charge in [-0.15, -0.1) is 0 Å². The van der Waals surface area contributed by atoms with Crippen molar-refractivity contribution in [1.29, 1.82) is 0 Å². The lowest BCUT2D eigenvalue weighted by Crippen LogP contribution is -2.00. The maximum absolute atomic E-state index is 9.48. The zero-order valence-corrected chi connectivity index (χ0v) is 13.4. The summed E-state index contributed by atoms with van der Waals surface area (Å²) in [6.45, 7) is 0.579. The zero-order chi connectivity index (χ0) is 14.0. The Labute approximate surface area is 134 Å². The Morgan fingerprint density at radius 3 is 2.26 bits per heavy atom. The Bertz CT molecular complexity index is 596. The van der Waals surface area contributed by atoms with Crippen molar-refractivity contribution in [3.05, 3.63) is 55.4 Å². The molecular weight excluding hydrogens is 372 g/mol. The van der Waals surface area contributed by atoms with Gasteiger partial charge in [0.2, 0.25) is 0 Å². The molecule has 0 unspecified atom stereocenters. The minimum Gasteiger partial charge on any atom is -0.505 e. The summed E-state index contributed by atoms with van der Waals surface area (Å²) in [7, 11) is 0. The summed E-state index contributed by atoms with van der Waals surface area (Å²) >= 11 is 21.0. The Morgan fingerprint density at radius 1 is 1.05 bits per heavy atom. The number of aromatic hydroxyl groups is 1. The number of hydrogen-bond donors (Lipinski definition) is 2. The van der Waals surface area contributed by atoms with Gasteiger partial charge in [-0.1, -0.05) is 56.8 Å². The van der Waals surface area contributed by atoms with E-state index in [1.807, 2.05) is 18.2 Å².